The Hall–Kier alpha value is -0.900. The quantitative estimate of drug-likeness (QED) is 0.482. The van der Waals surface area contributed by atoms with Gasteiger partial charge in [0.15, 0.2) is 5.25 Å². The maximum Gasteiger partial charge on any atom is 0.228 e. The van der Waals surface area contributed by atoms with Crippen LogP contribution in [-0.2, 0) is 14.8 Å². The molecule has 1 atom stereocenters. The van der Waals surface area contributed by atoms with Gasteiger partial charge in [-0.1, -0.05) is 13.0 Å². The summed E-state index contributed by atoms with van der Waals surface area (Å²) in [5.41, 5.74) is 0. The van der Waals surface area contributed by atoms with Crippen molar-refractivity contribution >= 4 is 10.0 Å². The minimum Gasteiger partial charge on any atom is -0.380 e. The first-order chi connectivity index (χ1) is 7.58. The molecule has 1 N–H and O–H groups in total. The van der Waals surface area contributed by atoms with E-state index in [-0.39, 0.29) is 13.0 Å². The van der Waals surface area contributed by atoms with Gasteiger partial charge in [-0.15, -0.1) is 6.58 Å². The number of sulfonamides is 1. The van der Waals surface area contributed by atoms with Crippen LogP contribution >= 0.6 is 0 Å². The average Bonchev–Trinajstić information content (AvgIpc) is 2.24. The fourth-order valence-electron chi connectivity index (χ4n) is 1.01. The van der Waals surface area contributed by atoms with E-state index in [1.54, 1.807) is 19.1 Å². The summed E-state index contributed by atoms with van der Waals surface area (Å²) in [6.45, 7) is 6.22. The molecule has 92 valence electrons. The molecule has 0 rings (SSSR count). The predicted molar refractivity (Wildman–Crippen MR) is 62.2 cm³/mol. The SMILES string of the molecule is C=CCCOCCNS(=O)(=O)C(C#N)CC. The van der Waals surface area contributed by atoms with E-state index in [1.807, 2.05) is 0 Å². The molecule has 0 heterocycles. The van der Waals surface area contributed by atoms with Gasteiger partial charge in [-0.3, -0.25) is 0 Å². The second-order valence-corrected chi connectivity index (χ2v) is 5.10. The van der Waals surface area contributed by atoms with Crippen LogP contribution in [0.5, 0.6) is 0 Å². The van der Waals surface area contributed by atoms with Crippen molar-refractivity contribution in [1.82, 2.24) is 4.72 Å². The van der Waals surface area contributed by atoms with Crippen molar-refractivity contribution in [1.29, 1.82) is 5.26 Å². The molecule has 0 aliphatic heterocycles. The molecule has 0 aromatic rings. The smallest absolute Gasteiger partial charge is 0.228 e. The van der Waals surface area contributed by atoms with Crippen LogP contribution in [0, 0.1) is 11.3 Å². The molecule has 5 nitrogen and oxygen atoms in total. The molecule has 0 fully saturated rings. The van der Waals surface area contributed by atoms with E-state index in [0.717, 1.165) is 6.42 Å². The lowest BCUT2D eigenvalue weighted by atomic mass is 10.4. The van der Waals surface area contributed by atoms with E-state index >= 15 is 0 Å². The molecule has 1 unspecified atom stereocenters. The topological polar surface area (TPSA) is 79.2 Å². The molecule has 0 saturated heterocycles. The van der Waals surface area contributed by atoms with Crippen LogP contribution in [-0.4, -0.2) is 33.4 Å². The molecule has 0 aliphatic rings. The molecule has 0 amide bonds. The highest BCUT2D eigenvalue weighted by atomic mass is 32.2. The normalized spacial score (nSPS) is 13.0. The first-order valence-electron chi connectivity index (χ1n) is 5.15. The molecule has 0 bridgehead atoms. The third kappa shape index (κ3) is 5.85. The Morgan fingerprint density at radius 1 is 1.56 bits per heavy atom. The summed E-state index contributed by atoms with van der Waals surface area (Å²) in [6, 6.07) is 1.75. The number of hydrogen-bond donors (Lipinski definition) is 1. The standard InChI is InChI=1S/C10H18N2O3S/c1-3-5-7-15-8-6-12-16(13,14)10(4-2)9-11/h3,10,12H,1,4-8H2,2H3. The van der Waals surface area contributed by atoms with E-state index in [1.165, 1.54) is 0 Å². The van der Waals surface area contributed by atoms with E-state index in [4.69, 9.17) is 10.00 Å². The van der Waals surface area contributed by atoms with Crippen molar-refractivity contribution in [2.75, 3.05) is 19.8 Å². The highest BCUT2D eigenvalue weighted by Gasteiger charge is 2.22. The summed E-state index contributed by atoms with van der Waals surface area (Å²) in [4.78, 5) is 0. The van der Waals surface area contributed by atoms with Crippen molar-refractivity contribution < 1.29 is 13.2 Å². The van der Waals surface area contributed by atoms with Gasteiger partial charge < -0.3 is 4.74 Å². The molecule has 0 spiro atoms. The molecule has 0 aromatic carbocycles. The summed E-state index contributed by atoms with van der Waals surface area (Å²) in [6.07, 6.45) is 2.75. The van der Waals surface area contributed by atoms with E-state index < -0.39 is 15.3 Å². The summed E-state index contributed by atoms with van der Waals surface area (Å²) in [5, 5.41) is 7.64. The molecular formula is C10H18N2O3S. The highest BCUT2D eigenvalue weighted by molar-refractivity contribution is 7.90. The van der Waals surface area contributed by atoms with Crippen LogP contribution in [0.2, 0.25) is 0 Å². The van der Waals surface area contributed by atoms with Gasteiger partial charge in [0.25, 0.3) is 0 Å². The van der Waals surface area contributed by atoms with Gasteiger partial charge in [-0.05, 0) is 12.8 Å². The fourth-order valence-corrected chi connectivity index (χ4v) is 2.15. The maximum absolute atomic E-state index is 11.5. The Balaban J connectivity index is 3.84. The van der Waals surface area contributed by atoms with Crippen molar-refractivity contribution in [3.05, 3.63) is 12.7 Å². The number of nitriles is 1. The minimum absolute atomic E-state index is 0.192. The van der Waals surface area contributed by atoms with Crippen LogP contribution in [0.1, 0.15) is 19.8 Å². The average molecular weight is 246 g/mol. The first kappa shape index (κ1) is 15.1. The van der Waals surface area contributed by atoms with Gasteiger partial charge in [0.1, 0.15) is 0 Å². The zero-order chi connectivity index (χ0) is 12.4. The summed E-state index contributed by atoms with van der Waals surface area (Å²) < 4.78 is 30.4. The van der Waals surface area contributed by atoms with Crippen molar-refractivity contribution in [3.8, 4) is 6.07 Å². The number of nitrogens with zero attached hydrogens (tertiary/aromatic N) is 1. The highest BCUT2D eigenvalue weighted by Crippen LogP contribution is 2.01. The van der Waals surface area contributed by atoms with Gasteiger partial charge in [0.2, 0.25) is 10.0 Å². The third-order valence-corrected chi connectivity index (χ3v) is 3.70. The zero-order valence-corrected chi connectivity index (χ0v) is 10.3. The number of ether oxygens (including phenoxy) is 1. The predicted octanol–water partition coefficient (Wildman–Crippen LogP) is 0.801. The molecule has 0 aromatic heterocycles. The zero-order valence-electron chi connectivity index (χ0n) is 9.48. The number of rotatable bonds is 9. The lowest BCUT2D eigenvalue weighted by molar-refractivity contribution is 0.144. The molecule has 6 heteroatoms. The van der Waals surface area contributed by atoms with Crippen LogP contribution < -0.4 is 4.72 Å². The molecule has 0 radical (unpaired) electrons. The lowest BCUT2D eigenvalue weighted by Gasteiger charge is -2.09. The Kier molecular flexibility index (Phi) is 7.81. The van der Waals surface area contributed by atoms with Crippen LogP contribution in [0.25, 0.3) is 0 Å². The largest absolute Gasteiger partial charge is 0.380 e. The van der Waals surface area contributed by atoms with Gasteiger partial charge in [-0.2, -0.15) is 5.26 Å². The monoisotopic (exact) mass is 246 g/mol. The lowest BCUT2D eigenvalue weighted by Crippen LogP contribution is -2.35. The second kappa shape index (κ2) is 8.28. The summed E-state index contributed by atoms with van der Waals surface area (Å²) >= 11 is 0. The van der Waals surface area contributed by atoms with Crippen molar-refractivity contribution in [2.45, 2.75) is 25.0 Å². The molecule has 0 aliphatic carbocycles. The van der Waals surface area contributed by atoms with Gasteiger partial charge >= 0.3 is 0 Å². The Labute approximate surface area is 97.2 Å². The van der Waals surface area contributed by atoms with Crippen molar-refractivity contribution in [2.24, 2.45) is 0 Å². The first-order valence-corrected chi connectivity index (χ1v) is 6.69. The third-order valence-electron chi connectivity index (χ3n) is 1.91. The second-order valence-electron chi connectivity index (χ2n) is 3.16. The number of nitrogens with one attached hydrogen (secondary N) is 1. The fraction of sp³-hybridized carbons (Fsp3) is 0.700. The van der Waals surface area contributed by atoms with E-state index in [0.29, 0.717) is 13.2 Å². The van der Waals surface area contributed by atoms with E-state index in [9.17, 15) is 8.42 Å². The van der Waals surface area contributed by atoms with E-state index in [2.05, 4.69) is 11.3 Å². The molecular weight excluding hydrogens is 228 g/mol. The molecule has 0 saturated carbocycles. The maximum atomic E-state index is 11.5. The molecule has 16 heavy (non-hydrogen) atoms. The van der Waals surface area contributed by atoms with Gasteiger partial charge in [0.05, 0.1) is 19.3 Å². The van der Waals surface area contributed by atoms with Gasteiger partial charge in [-0.25, -0.2) is 13.1 Å². The Morgan fingerprint density at radius 3 is 2.75 bits per heavy atom. The summed E-state index contributed by atoms with van der Waals surface area (Å²) in [7, 11) is -3.53. The van der Waals surface area contributed by atoms with Crippen molar-refractivity contribution in [3.63, 3.8) is 0 Å². The number of hydrogen-bond acceptors (Lipinski definition) is 4. The minimum atomic E-state index is -3.53. The summed E-state index contributed by atoms with van der Waals surface area (Å²) in [5.74, 6) is 0. The van der Waals surface area contributed by atoms with Crippen LogP contribution in [0.15, 0.2) is 12.7 Å². The Morgan fingerprint density at radius 2 is 2.25 bits per heavy atom. The van der Waals surface area contributed by atoms with Crippen LogP contribution in [0.3, 0.4) is 0 Å². The van der Waals surface area contributed by atoms with Gasteiger partial charge in [0, 0.05) is 6.54 Å². The van der Waals surface area contributed by atoms with Crippen LogP contribution in [0.4, 0.5) is 0 Å². The Bertz CT molecular complexity index is 332.